The van der Waals surface area contributed by atoms with Crippen LogP contribution in [0.25, 0.3) is 0 Å². The minimum Gasteiger partial charge on any atom is -0.465 e. The lowest BCUT2D eigenvalue weighted by molar-refractivity contribution is -0.149. The Balaban J connectivity index is 3.63. The van der Waals surface area contributed by atoms with Crippen LogP contribution < -0.4 is 0 Å². The van der Waals surface area contributed by atoms with Crippen LogP contribution >= 0.6 is 0 Å². The Hall–Kier alpha value is -1.46. The molecule has 0 aromatic heterocycles. The third-order valence-electron chi connectivity index (χ3n) is 4.18. The fourth-order valence-electron chi connectivity index (χ4n) is 2.23. The first-order valence-electron chi connectivity index (χ1n) is 10.2. The van der Waals surface area contributed by atoms with Gasteiger partial charge >= 0.3 is 11.9 Å². The molecular formula is C20H38N2O4. The van der Waals surface area contributed by atoms with E-state index in [1.807, 2.05) is 13.8 Å². The molecular weight excluding hydrogens is 332 g/mol. The average Bonchev–Trinajstić information content (AvgIpc) is 2.63. The Kier molecular flexibility index (Phi) is 16.0. The highest BCUT2D eigenvalue weighted by molar-refractivity contribution is 5.72. The zero-order chi connectivity index (χ0) is 19.6. The van der Waals surface area contributed by atoms with Crippen molar-refractivity contribution < 1.29 is 19.1 Å². The summed E-state index contributed by atoms with van der Waals surface area (Å²) in [6.07, 6.45) is 7.09. The van der Waals surface area contributed by atoms with Crippen LogP contribution in [0.3, 0.4) is 0 Å². The summed E-state index contributed by atoms with van der Waals surface area (Å²) in [4.78, 5) is 23.4. The minimum absolute atomic E-state index is 0.0818. The van der Waals surface area contributed by atoms with E-state index in [4.69, 9.17) is 9.47 Å². The Morgan fingerprint density at radius 3 is 1.46 bits per heavy atom. The second kappa shape index (κ2) is 17.0. The van der Waals surface area contributed by atoms with E-state index in [9.17, 15) is 9.59 Å². The van der Waals surface area contributed by atoms with Gasteiger partial charge in [0.1, 0.15) is 0 Å². The van der Waals surface area contributed by atoms with Crippen molar-refractivity contribution in [3.8, 4) is 0 Å². The van der Waals surface area contributed by atoms with Crippen molar-refractivity contribution in [1.29, 1.82) is 0 Å². The molecule has 0 saturated carbocycles. The number of nitrogens with zero attached hydrogens (tertiary/aromatic N) is 2. The molecule has 0 fully saturated rings. The maximum absolute atomic E-state index is 11.7. The SMILES string of the molecule is CCCCOC(=O)C(C)CCCN=NCCCC(C)C(=O)OCCCC. The Bertz CT molecular complexity index is 363. The molecule has 6 nitrogen and oxygen atoms in total. The summed E-state index contributed by atoms with van der Waals surface area (Å²) < 4.78 is 10.4. The molecule has 0 aliphatic rings. The largest absolute Gasteiger partial charge is 0.465 e. The first-order chi connectivity index (χ1) is 12.5. The number of esters is 2. The summed E-state index contributed by atoms with van der Waals surface area (Å²) in [5.41, 5.74) is 0. The monoisotopic (exact) mass is 370 g/mol. The summed E-state index contributed by atoms with van der Waals surface area (Å²) in [7, 11) is 0. The standard InChI is InChI=1S/C20H38N2O4/c1-5-7-15-25-19(23)17(3)11-9-13-21-22-14-10-12-18(4)20(24)26-16-8-6-2/h17-18H,5-16H2,1-4H3. The molecule has 0 spiro atoms. The number of hydrogen-bond acceptors (Lipinski definition) is 6. The van der Waals surface area contributed by atoms with Crippen LogP contribution in [0.2, 0.25) is 0 Å². The average molecular weight is 371 g/mol. The van der Waals surface area contributed by atoms with Gasteiger partial charge in [-0.1, -0.05) is 40.5 Å². The fourth-order valence-corrected chi connectivity index (χ4v) is 2.23. The van der Waals surface area contributed by atoms with Gasteiger partial charge in [0.15, 0.2) is 0 Å². The maximum Gasteiger partial charge on any atom is 0.308 e. The highest BCUT2D eigenvalue weighted by atomic mass is 16.5. The quantitative estimate of drug-likeness (QED) is 0.219. The van der Waals surface area contributed by atoms with Gasteiger partial charge in [-0.05, 0) is 38.5 Å². The number of hydrogen-bond donors (Lipinski definition) is 0. The number of rotatable bonds is 16. The first-order valence-corrected chi connectivity index (χ1v) is 10.2. The smallest absolute Gasteiger partial charge is 0.308 e. The Labute approximate surface area is 159 Å². The Morgan fingerprint density at radius 2 is 1.12 bits per heavy atom. The zero-order valence-corrected chi connectivity index (χ0v) is 17.2. The van der Waals surface area contributed by atoms with Gasteiger partial charge in [0.05, 0.1) is 38.1 Å². The summed E-state index contributed by atoms with van der Waals surface area (Å²) in [5, 5.41) is 8.27. The van der Waals surface area contributed by atoms with Crippen LogP contribution in [0.5, 0.6) is 0 Å². The topological polar surface area (TPSA) is 77.3 Å². The van der Waals surface area contributed by atoms with Crippen LogP contribution in [-0.4, -0.2) is 38.2 Å². The van der Waals surface area contributed by atoms with Crippen molar-refractivity contribution in [3.63, 3.8) is 0 Å². The number of ether oxygens (including phenoxy) is 2. The molecule has 0 aromatic carbocycles. The zero-order valence-electron chi connectivity index (χ0n) is 17.2. The number of unbranched alkanes of at least 4 members (excludes halogenated alkanes) is 2. The van der Waals surface area contributed by atoms with E-state index in [2.05, 4.69) is 24.1 Å². The second-order valence-corrected chi connectivity index (χ2v) is 6.86. The molecule has 2 unspecified atom stereocenters. The van der Waals surface area contributed by atoms with Crippen molar-refractivity contribution in [2.24, 2.45) is 22.1 Å². The molecule has 152 valence electrons. The summed E-state index contributed by atoms with van der Waals surface area (Å²) >= 11 is 0. The van der Waals surface area contributed by atoms with Crippen LogP contribution in [0.4, 0.5) is 0 Å². The predicted octanol–water partition coefficient (Wildman–Crippen LogP) is 4.96. The summed E-state index contributed by atoms with van der Waals surface area (Å²) in [6.45, 7) is 10.2. The molecule has 26 heavy (non-hydrogen) atoms. The van der Waals surface area contributed by atoms with E-state index in [1.165, 1.54) is 0 Å². The van der Waals surface area contributed by atoms with Crippen LogP contribution in [0, 0.1) is 11.8 Å². The number of azo groups is 1. The molecule has 0 bridgehead atoms. The lowest BCUT2D eigenvalue weighted by Gasteiger charge is -2.10. The molecule has 6 heteroatoms. The molecule has 0 aliphatic heterocycles. The third kappa shape index (κ3) is 13.8. The lowest BCUT2D eigenvalue weighted by atomic mass is 10.1. The van der Waals surface area contributed by atoms with E-state index < -0.39 is 0 Å². The molecule has 0 N–H and O–H groups in total. The van der Waals surface area contributed by atoms with Gasteiger partial charge in [-0.3, -0.25) is 9.59 Å². The molecule has 0 heterocycles. The van der Waals surface area contributed by atoms with E-state index in [-0.39, 0.29) is 23.8 Å². The highest BCUT2D eigenvalue weighted by Gasteiger charge is 2.14. The minimum atomic E-state index is -0.116. The van der Waals surface area contributed by atoms with E-state index >= 15 is 0 Å². The molecule has 0 amide bonds. The number of carbonyl (C=O) groups is 2. The molecule has 0 radical (unpaired) electrons. The fraction of sp³-hybridized carbons (Fsp3) is 0.900. The van der Waals surface area contributed by atoms with E-state index in [1.54, 1.807) is 0 Å². The highest BCUT2D eigenvalue weighted by Crippen LogP contribution is 2.10. The molecule has 0 saturated heterocycles. The van der Waals surface area contributed by atoms with Crippen LogP contribution in [0.15, 0.2) is 10.2 Å². The van der Waals surface area contributed by atoms with Gasteiger partial charge in [0, 0.05) is 0 Å². The molecule has 0 aromatic rings. The lowest BCUT2D eigenvalue weighted by Crippen LogP contribution is -2.15. The van der Waals surface area contributed by atoms with Crippen molar-refractivity contribution in [2.45, 2.75) is 79.1 Å². The molecule has 2 atom stereocenters. The number of carbonyl (C=O) groups excluding carboxylic acids is 2. The van der Waals surface area contributed by atoms with Gasteiger partial charge in [-0.15, -0.1) is 0 Å². The summed E-state index contributed by atoms with van der Waals surface area (Å²) in [5.74, 6) is -0.395. The van der Waals surface area contributed by atoms with Crippen molar-refractivity contribution in [2.75, 3.05) is 26.3 Å². The predicted molar refractivity (Wildman–Crippen MR) is 103 cm³/mol. The Morgan fingerprint density at radius 1 is 0.731 bits per heavy atom. The normalized spacial score (nSPS) is 13.5. The van der Waals surface area contributed by atoms with Gasteiger partial charge in [-0.2, -0.15) is 10.2 Å². The van der Waals surface area contributed by atoms with Gasteiger partial charge in [0.25, 0.3) is 0 Å². The van der Waals surface area contributed by atoms with Crippen LogP contribution in [-0.2, 0) is 19.1 Å². The van der Waals surface area contributed by atoms with Crippen molar-refractivity contribution in [1.82, 2.24) is 0 Å². The van der Waals surface area contributed by atoms with Crippen molar-refractivity contribution >= 4 is 11.9 Å². The second-order valence-electron chi connectivity index (χ2n) is 6.86. The first kappa shape index (κ1) is 24.5. The van der Waals surface area contributed by atoms with E-state index in [0.29, 0.717) is 26.3 Å². The molecule has 0 aliphatic carbocycles. The summed E-state index contributed by atoms with van der Waals surface area (Å²) in [6, 6.07) is 0. The van der Waals surface area contributed by atoms with Gasteiger partial charge in [0.2, 0.25) is 0 Å². The maximum atomic E-state index is 11.7. The van der Waals surface area contributed by atoms with Gasteiger partial charge < -0.3 is 9.47 Å². The van der Waals surface area contributed by atoms with E-state index in [0.717, 1.165) is 51.4 Å². The van der Waals surface area contributed by atoms with Crippen molar-refractivity contribution in [3.05, 3.63) is 0 Å². The molecule has 0 rings (SSSR count). The van der Waals surface area contributed by atoms with Crippen LogP contribution in [0.1, 0.15) is 79.1 Å². The van der Waals surface area contributed by atoms with Gasteiger partial charge in [-0.25, -0.2) is 0 Å². The third-order valence-corrected chi connectivity index (χ3v) is 4.18.